The van der Waals surface area contributed by atoms with Crippen molar-refractivity contribution in [2.75, 3.05) is 6.61 Å². The number of aromatic nitrogens is 2. The van der Waals surface area contributed by atoms with Gasteiger partial charge in [0.2, 0.25) is 0 Å². The molecular weight excluding hydrogens is 509 g/mol. The second-order valence-electron chi connectivity index (χ2n) is 7.83. The lowest BCUT2D eigenvalue weighted by atomic mass is 9.87. The van der Waals surface area contributed by atoms with E-state index in [9.17, 15) is 18.4 Å². The summed E-state index contributed by atoms with van der Waals surface area (Å²) in [5.41, 5.74) is 0.115. The van der Waals surface area contributed by atoms with Crippen LogP contribution in [0, 0.1) is 11.6 Å². The molecule has 184 valence electrons. The first-order valence-corrected chi connectivity index (χ1v) is 11.8. The third-order valence-corrected chi connectivity index (χ3v) is 6.23. The zero-order valence-corrected chi connectivity index (χ0v) is 20.6. The van der Waals surface area contributed by atoms with Crippen LogP contribution in [0.5, 0.6) is 0 Å². The molecule has 4 rings (SSSR count). The van der Waals surface area contributed by atoms with Crippen molar-refractivity contribution in [2.45, 2.75) is 19.3 Å². The zero-order chi connectivity index (χ0) is 25.8. The minimum atomic E-state index is -1.24. The molecule has 1 unspecified atom stereocenters. The molecule has 0 aliphatic carbocycles. The molecule has 9 heteroatoms. The van der Waals surface area contributed by atoms with E-state index in [0.29, 0.717) is 0 Å². The maximum atomic E-state index is 14.7. The summed E-state index contributed by atoms with van der Waals surface area (Å²) in [5.74, 6) is -4.02. The molecular formula is C27H20Cl2F2N2O3. The molecule has 0 saturated carbocycles. The fourth-order valence-electron chi connectivity index (χ4n) is 3.99. The van der Waals surface area contributed by atoms with Crippen LogP contribution >= 0.6 is 23.2 Å². The number of nitrogens with zero attached hydrogens (tertiary/aromatic N) is 2. The number of ketones is 1. The SMILES string of the molecule is CCOC(=O)c1ncn(-c2c(Cl)cccc2Cl)c1C(Cc1ccccc1F)C(=O)c1ccccc1F. The van der Waals surface area contributed by atoms with E-state index in [-0.39, 0.29) is 51.3 Å². The van der Waals surface area contributed by atoms with Crippen LogP contribution in [0.1, 0.15) is 44.9 Å². The van der Waals surface area contributed by atoms with E-state index in [2.05, 4.69) is 4.98 Å². The van der Waals surface area contributed by atoms with E-state index in [4.69, 9.17) is 27.9 Å². The number of halogens is 4. The van der Waals surface area contributed by atoms with Gasteiger partial charge in [0.1, 0.15) is 18.0 Å². The van der Waals surface area contributed by atoms with Crippen LogP contribution in [0.25, 0.3) is 5.69 Å². The topological polar surface area (TPSA) is 61.2 Å². The normalized spacial score (nSPS) is 11.8. The second kappa shape index (κ2) is 11.0. The fraction of sp³-hybridized carbons (Fsp3) is 0.148. The predicted molar refractivity (Wildman–Crippen MR) is 133 cm³/mol. The summed E-state index contributed by atoms with van der Waals surface area (Å²) < 4.78 is 36.0. The summed E-state index contributed by atoms with van der Waals surface area (Å²) in [6.07, 6.45) is 1.09. The van der Waals surface area contributed by atoms with Crippen LogP contribution in [0.4, 0.5) is 8.78 Å². The number of carbonyl (C=O) groups excluding carboxylic acids is 2. The van der Waals surface area contributed by atoms with Crippen molar-refractivity contribution in [3.8, 4) is 5.69 Å². The van der Waals surface area contributed by atoms with Gasteiger partial charge in [-0.2, -0.15) is 0 Å². The summed E-state index contributed by atoms with van der Waals surface area (Å²) in [7, 11) is 0. The number of imidazole rings is 1. The molecule has 0 fully saturated rings. The molecule has 0 spiro atoms. The summed E-state index contributed by atoms with van der Waals surface area (Å²) in [6.45, 7) is 1.68. The molecule has 0 N–H and O–H groups in total. The standard InChI is InChI=1S/C27H20Cl2F2N2O3/c1-2-36-27(35)23-24(33(15-32-23)25-19(28)10-7-11-20(25)29)18(14-16-8-3-5-12-21(16)30)26(34)17-9-4-6-13-22(17)31/h3-13,15,18H,2,14H2,1H3. The highest BCUT2D eigenvalue weighted by Gasteiger charge is 2.34. The molecule has 3 aromatic carbocycles. The number of hydrogen-bond donors (Lipinski definition) is 0. The Morgan fingerprint density at radius 2 is 1.58 bits per heavy atom. The Balaban J connectivity index is 2.00. The highest BCUT2D eigenvalue weighted by atomic mass is 35.5. The van der Waals surface area contributed by atoms with Crippen LogP contribution in [0.15, 0.2) is 73.1 Å². The maximum Gasteiger partial charge on any atom is 0.358 e. The highest BCUT2D eigenvalue weighted by Crippen LogP contribution is 2.36. The van der Waals surface area contributed by atoms with Crippen LogP contribution in [-0.4, -0.2) is 27.9 Å². The van der Waals surface area contributed by atoms with Gasteiger partial charge in [0.15, 0.2) is 11.5 Å². The van der Waals surface area contributed by atoms with Crippen molar-refractivity contribution in [1.29, 1.82) is 0 Å². The number of rotatable bonds is 8. The van der Waals surface area contributed by atoms with Gasteiger partial charge in [-0.3, -0.25) is 9.36 Å². The van der Waals surface area contributed by atoms with Crippen molar-refractivity contribution in [2.24, 2.45) is 0 Å². The number of ether oxygens (including phenoxy) is 1. The number of Topliss-reactive ketones (excluding diaryl/α,β-unsaturated/α-hetero) is 1. The molecule has 0 amide bonds. The van der Waals surface area contributed by atoms with Crippen molar-refractivity contribution in [3.05, 3.63) is 117 Å². The van der Waals surface area contributed by atoms with Gasteiger partial charge in [-0.1, -0.05) is 59.6 Å². The first-order valence-electron chi connectivity index (χ1n) is 11.0. The molecule has 0 aliphatic heterocycles. The average Bonchev–Trinajstić information content (AvgIpc) is 3.28. The van der Waals surface area contributed by atoms with Gasteiger partial charge in [-0.15, -0.1) is 0 Å². The molecule has 0 aliphatic rings. The molecule has 1 aromatic heterocycles. The number of para-hydroxylation sites is 1. The number of esters is 1. The van der Waals surface area contributed by atoms with Gasteiger partial charge in [0.25, 0.3) is 0 Å². The van der Waals surface area contributed by atoms with Crippen molar-refractivity contribution >= 4 is 35.0 Å². The maximum absolute atomic E-state index is 14.7. The zero-order valence-electron chi connectivity index (χ0n) is 19.1. The quantitative estimate of drug-likeness (QED) is 0.185. The van der Waals surface area contributed by atoms with Gasteiger partial charge in [0.05, 0.1) is 39.5 Å². The molecule has 1 heterocycles. The number of benzene rings is 3. The van der Waals surface area contributed by atoms with E-state index >= 15 is 0 Å². The Kier molecular flexibility index (Phi) is 7.82. The smallest absolute Gasteiger partial charge is 0.358 e. The number of hydrogen-bond acceptors (Lipinski definition) is 4. The van der Waals surface area contributed by atoms with E-state index in [1.165, 1.54) is 47.3 Å². The fourth-order valence-corrected chi connectivity index (χ4v) is 4.57. The first kappa shape index (κ1) is 25.5. The number of carbonyl (C=O) groups is 2. The van der Waals surface area contributed by atoms with Gasteiger partial charge in [0, 0.05) is 0 Å². The highest BCUT2D eigenvalue weighted by molar-refractivity contribution is 6.37. The lowest BCUT2D eigenvalue weighted by molar-refractivity contribution is 0.0518. The van der Waals surface area contributed by atoms with Crippen LogP contribution < -0.4 is 0 Å². The summed E-state index contributed by atoms with van der Waals surface area (Å²) in [5, 5.41) is 0.444. The second-order valence-corrected chi connectivity index (χ2v) is 8.65. The van der Waals surface area contributed by atoms with Crippen molar-refractivity contribution in [1.82, 2.24) is 9.55 Å². The Hall–Kier alpha value is -3.55. The monoisotopic (exact) mass is 528 g/mol. The summed E-state index contributed by atoms with van der Waals surface area (Å²) in [4.78, 5) is 31.0. The molecule has 0 radical (unpaired) electrons. The van der Waals surface area contributed by atoms with Gasteiger partial charge in [-0.25, -0.2) is 18.6 Å². The predicted octanol–water partition coefficient (Wildman–Crippen LogP) is 6.84. The van der Waals surface area contributed by atoms with Crippen LogP contribution in [-0.2, 0) is 11.2 Å². The van der Waals surface area contributed by atoms with Gasteiger partial charge in [-0.05, 0) is 49.2 Å². The van der Waals surface area contributed by atoms with Gasteiger partial charge >= 0.3 is 5.97 Å². The van der Waals surface area contributed by atoms with E-state index in [1.807, 2.05) is 0 Å². The Morgan fingerprint density at radius 3 is 2.22 bits per heavy atom. The molecule has 0 bridgehead atoms. The third-order valence-electron chi connectivity index (χ3n) is 5.62. The molecule has 0 saturated heterocycles. The van der Waals surface area contributed by atoms with E-state index < -0.39 is 29.3 Å². The third kappa shape index (κ3) is 5.03. The van der Waals surface area contributed by atoms with Crippen molar-refractivity contribution < 1.29 is 23.1 Å². The average molecular weight is 529 g/mol. The molecule has 5 nitrogen and oxygen atoms in total. The van der Waals surface area contributed by atoms with Crippen LogP contribution in [0.2, 0.25) is 10.0 Å². The van der Waals surface area contributed by atoms with E-state index in [1.54, 1.807) is 31.2 Å². The van der Waals surface area contributed by atoms with Gasteiger partial charge < -0.3 is 4.74 Å². The summed E-state index contributed by atoms with van der Waals surface area (Å²) in [6, 6.07) is 16.2. The van der Waals surface area contributed by atoms with Crippen molar-refractivity contribution in [3.63, 3.8) is 0 Å². The molecule has 1 atom stereocenters. The summed E-state index contributed by atoms with van der Waals surface area (Å²) >= 11 is 12.9. The minimum absolute atomic E-state index is 0.0528. The molecule has 4 aromatic rings. The Labute approximate surface area is 216 Å². The lowest BCUT2D eigenvalue weighted by Gasteiger charge is -2.21. The lowest BCUT2D eigenvalue weighted by Crippen LogP contribution is -2.23. The largest absolute Gasteiger partial charge is 0.461 e. The Bertz CT molecular complexity index is 1420. The minimum Gasteiger partial charge on any atom is -0.461 e. The first-order chi connectivity index (χ1) is 17.3. The van der Waals surface area contributed by atoms with Crippen LogP contribution in [0.3, 0.4) is 0 Å². The van der Waals surface area contributed by atoms with E-state index in [0.717, 1.165) is 6.07 Å². The molecule has 36 heavy (non-hydrogen) atoms. The Morgan fingerprint density at radius 1 is 0.944 bits per heavy atom.